The lowest BCUT2D eigenvalue weighted by atomic mass is 10.1. The van der Waals surface area contributed by atoms with Crippen LogP contribution in [0.3, 0.4) is 0 Å². The third-order valence-electron chi connectivity index (χ3n) is 4.65. The van der Waals surface area contributed by atoms with Gasteiger partial charge in [0.2, 0.25) is 0 Å². The fraction of sp³-hybridized carbons (Fsp3) is 0.286. The summed E-state index contributed by atoms with van der Waals surface area (Å²) >= 11 is 0. The minimum absolute atomic E-state index is 0. The average molecular weight is 510 g/mol. The SMILES string of the molecule is CN=C(NCCc1c[nH]c2ccc(F)cc12)Nc1ccc2c(c1)OCCCO2.I. The Balaban J connectivity index is 0.00000240. The van der Waals surface area contributed by atoms with Crippen LogP contribution in [-0.4, -0.2) is 37.7 Å². The number of benzene rings is 2. The van der Waals surface area contributed by atoms with E-state index in [-0.39, 0.29) is 29.8 Å². The summed E-state index contributed by atoms with van der Waals surface area (Å²) in [7, 11) is 1.72. The molecule has 0 amide bonds. The Morgan fingerprint density at radius 2 is 1.97 bits per heavy atom. The van der Waals surface area contributed by atoms with Gasteiger partial charge in [-0.3, -0.25) is 4.99 Å². The summed E-state index contributed by atoms with van der Waals surface area (Å²) in [4.78, 5) is 7.44. The van der Waals surface area contributed by atoms with Gasteiger partial charge in [0, 0.05) is 48.9 Å². The fourth-order valence-electron chi connectivity index (χ4n) is 3.23. The van der Waals surface area contributed by atoms with Gasteiger partial charge >= 0.3 is 0 Å². The van der Waals surface area contributed by atoms with Crippen molar-refractivity contribution in [1.29, 1.82) is 0 Å². The molecule has 1 aromatic heterocycles. The first-order valence-corrected chi connectivity index (χ1v) is 9.36. The van der Waals surface area contributed by atoms with Gasteiger partial charge in [-0.2, -0.15) is 0 Å². The molecule has 6 nitrogen and oxygen atoms in total. The molecular weight excluding hydrogens is 486 g/mol. The number of hydrogen-bond acceptors (Lipinski definition) is 3. The molecule has 0 unspecified atom stereocenters. The molecule has 0 spiro atoms. The first kappa shape index (κ1) is 21.2. The first-order valence-electron chi connectivity index (χ1n) is 9.36. The van der Waals surface area contributed by atoms with Gasteiger partial charge in [-0.25, -0.2) is 4.39 Å². The highest BCUT2D eigenvalue weighted by molar-refractivity contribution is 14.0. The zero-order valence-electron chi connectivity index (χ0n) is 16.1. The summed E-state index contributed by atoms with van der Waals surface area (Å²) < 4.78 is 24.9. The maximum Gasteiger partial charge on any atom is 0.195 e. The van der Waals surface area contributed by atoms with E-state index in [2.05, 4.69) is 20.6 Å². The molecule has 1 aliphatic rings. The molecule has 0 saturated heterocycles. The van der Waals surface area contributed by atoms with Crippen molar-refractivity contribution in [3.05, 3.63) is 54.0 Å². The number of aromatic nitrogens is 1. The summed E-state index contributed by atoms with van der Waals surface area (Å²) in [5, 5.41) is 7.46. The summed E-state index contributed by atoms with van der Waals surface area (Å²) in [6.45, 7) is 1.98. The normalized spacial score (nSPS) is 13.5. The number of nitrogens with one attached hydrogen (secondary N) is 3. The van der Waals surface area contributed by atoms with Gasteiger partial charge in [0.25, 0.3) is 0 Å². The fourth-order valence-corrected chi connectivity index (χ4v) is 3.23. The minimum atomic E-state index is -0.229. The molecule has 4 rings (SSSR count). The summed E-state index contributed by atoms with van der Waals surface area (Å²) in [5.41, 5.74) is 2.87. The average Bonchev–Trinajstić information content (AvgIpc) is 2.94. The summed E-state index contributed by atoms with van der Waals surface area (Å²) in [6, 6.07) is 10.5. The van der Waals surface area contributed by atoms with Crippen LogP contribution in [0.25, 0.3) is 10.9 Å². The predicted molar refractivity (Wildman–Crippen MR) is 124 cm³/mol. The lowest BCUT2D eigenvalue weighted by molar-refractivity contribution is 0.297. The van der Waals surface area contributed by atoms with Gasteiger partial charge in [0.05, 0.1) is 13.2 Å². The Morgan fingerprint density at radius 3 is 2.79 bits per heavy atom. The van der Waals surface area contributed by atoms with Crippen molar-refractivity contribution in [1.82, 2.24) is 10.3 Å². The molecule has 3 N–H and O–H groups in total. The Hall–Kier alpha value is -2.49. The van der Waals surface area contributed by atoms with Crippen molar-refractivity contribution in [3.63, 3.8) is 0 Å². The van der Waals surface area contributed by atoms with Crippen LogP contribution in [0, 0.1) is 5.82 Å². The van der Waals surface area contributed by atoms with Gasteiger partial charge in [0.1, 0.15) is 5.82 Å². The number of rotatable bonds is 4. The van der Waals surface area contributed by atoms with Gasteiger partial charge < -0.3 is 25.1 Å². The third-order valence-corrected chi connectivity index (χ3v) is 4.65. The number of fused-ring (bicyclic) bond motifs is 2. The van der Waals surface area contributed by atoms with Crippen LogP contribution < -0.4 is 20.1 Å². The predicted octanol–water partition coefficient (Wildman–Crippen LogP) is 4.32. The minimum Gasteiger partial charge on any atom is -0.490 e. The molecule has 0 radical (unpaired) electrons. The second kappa shape index (κ2) is 9.82. The highest BCUT2D eigenvalue weighted by atomic mass is 127. The van der Waals surface area contributed by atoms with E-state index in [1.54, 1.807) is 19.2 Å². The lowest BCUT2D eigenvalue weighted by Crippen LogP contribution is -2.32. The number of anilines is 1. The summed E-state index contributed by atoms with van der Waals surface area (Å²) in [5.74, 6) is 1.92. The number of aromatic amines is 1. The van der Waals surface area contributed by atoms with E-state index in [0.717, 1.165) is 46.5 Å². The highest BCUT2D eigenvalue weighted by Gasteiger charge is 2.11. The van der Waals surface area contributed by atoms with Crippen molar-refractivity contribution in [2.75, 3.05) is 32.1 Å². The van der Waals surface area contributed by atoms with Crippen LogP contribution >= 0.6 is 24.0 Å². The van der Waals surface area contributed by atoms with E-state index in [1.807, 2.05) is 24.4 Å². The van der Waals surface area contributed by atoms with E-state index in [1.165, 1.54) is 6.07 Å². The topological polar surface area (TPSA) is 70.7 Å². The quantitative estimate of drug-likeness (QED) is 0.278. The highest BCUT2D eigenvalue weighted by Crippen LogP contribution is 2.32. The Labute approximate surface area is 185 Å². The number of halogens is 2. The van der Waals surface area contributed by atoms with Crippen LogP contribution in [0.2, 0.25) is 0 Å². The largest absolute Gasteiger partial charge is 0.490 e. The lowest BCUT2D eigenvalue weighted by Gasteiger charge is -2.14. The third kappa shape index (κ3) is 5.11. The monoisotopic (exact) mass is 510 g/mol. The first-order chi connectivity index (χ1) is 13.7. The van der Waals surface area contributed by atoms with Gasteiger partial charge in [-0.15, -0.1) is 24.0 Å². The number of hydrogen-bond donors (Lipinski definition) is 3. The second-order valence-electron chi connectivity index (χ2n) is 6.59. The molecule has 0 atom stereocenters. The molecule has 2 heterocycles. The van der Waals surface area contributed by atoms with E-state index in [9.17, 15) is 4.39 Å². The number of guanidine groups is 1. The van der Waals surface area contributed by atoms with Crippen LogP contribution in [-0.2, 0) is 6.42 Å². The molecule has 0 fully saturated rings. The Bertz CT molecular complexity index is 1010. The molecule has 2 aromatic carbocycles. The van der Waals surface area contributed by atoms with Crippen molar-refractivity contribution < 1.29 is 13.9 Å². The molecule has 154 valence electrons. The number of nitrogens with zero attached hydrogens (tertiary/aromatic N) is 1. The number of aliphatic imine (C=N–C) groups is 1. The van der Waals surface area contributed by atoms with Gasteiger partial charge in [-0.1, -0.05) is 0 Å². The van der Waals surface area contributed by atoms with Crippen LogP contribution in [0.15, 0.2) is 47.6 Å². The van der Waals surface area contributed by atoms with Crippen LogP contribution in [0.5, 0.6) is 11.5 Å². The zero-order valence-corrected chi connectivity index (χ0v) is 18.5. The van der Waals surface area contributed by atoms with E-state index in [4.69, 9.17) is 9.47 Å². The molecule has 29 heavy (non-hydrogen) atoms. The molecular formula is C21H24FIN4O2. The van der Waals surface area contributed by atoms with Crippen molar-refractivity contribution in [2.45, 2.75) is 12.8 Å². The van der Waals surface area contributed by atoms with Crippen molar-refractivity contribution in [3.8, 4) is 11.5 Å². The standard InChI is InChI=1S/C21H23FN4O2.HI/c1-23-21(26-16-4-6-19-20(12-16)28-10-2-9-27-19)24-8-7-14-13-25-18-5-3-15(22)11-17(14)18;/h3-6,11-13,25H,2,7-10H2,1H3,(H2,23,24,26);1H. The number of ether oxygens (including phenoxy) is 2. The smallest absolute Gasteiger partial charge is 0.195 e. The summed E-state index contributed by atoms with van der Waals surface area (Å²) in [6.07, 6.45) is 3.54. The molecule has 1 aliphatic heterocycles. The van der Waals surface area contributed by atoms with Crippen molar-refractivity contribution in [2.24, 2.45) is 4.99 Å². The Kier molecular flexibility index (Phi) is 7.18. The van der Waals surface area contributed by atoms with E-state index >= 15 is 0 Å². The zero-order chi connectivity index (χ0) is 19.3. The molecule has 0 bridgehead atoms. The number of H-pyrrole nitrogens is 1. The van der Waals surface area contributed by atoms with Crippen LogP contribution in [0.1, 0.15) is 12.0 Å². The van der Waals surface area contributed by atoms with E-state index < -0.39 is 0 Å². The second-order valence-corrected chi connectivity index (χ2v) is 6.59. The molecule has 3 aromatic rings. The van der Waals surface area contributed by atoms with Crippen LogP contribution in [0.4, 0.5) is 10.1 Å². The van der Waals surface area contributed by atoms with E-state index in [0.29, 0.717) is 25.7 Å². The van der Waals surface area contributed by atoms with Crippen molar-refractivity contribution >= 4 is 46.5 Å². The van der Waals surface area contributed by atoms with Gasteiger partial charge in [0.15, 0.2) is 17.5 Å². The molecule has 0 aliphatic carbocycles. The Morgan fingerprint density at radius 1 is 1.14 bits per heavy atom. The maximum atomic E-state index is 13.5. The maximum absolute atomic E-state index is 13.5. The van der Waals surface area contributed by atoms with Gasteiger partial charge in [-0.05, 0) is 42.3 Å². The molecule has 8 heteroatoms. The molecule has 0 saturated carbocycles.